The molecule has 54 heavy (non-hydrogen) atoms. The number of aldehydes is 1. The molecule has 0 aromatic heterocycles. The number of hydrogen-bond acceptors (Lipinski definition) is 9. The molecule has 1 unspecified atom stereocenters. The summed E-state index contributed by atoms with van der Waals surface area (Å²) >= 11 is 6.39. The van der Waals surface area contributed by atoms with E-state index in [1.165, 1.54) is 11.1 Å². The highest BCUT2D eigenvalue weighted by molar-refractivity contribution is 7.90. The van der Waals surface area contributed by atoms with Gasteiger partial charge in [-0.05, 0) is 111 Å². The molecule has 0 radical (unpaired) electrons. The molecule has 2 aromatic rings. The quantitative estimate of drug-likeness (QED) is 0.393. The lowest BCUT2D eigenvalue weighted by Crippen LogP contribution is -2.49. The van der Waals surface area contributed by atoms with Gasteiger partial charge in [-0.25, -0.2) is 13.1 Å². The van der Waals surface area contributed by atoms with Crippen LogP contribution in [0.3, 0.4) is 0 Å². The molecule has 2 N–H and O–H groups in total. The van der Waals surface area contributed by atoms with E-state index in [-0.39, 0.29) is 23.2 Å². The Morgan fingerprint density at radius 2 is 1.87 bits per heavy atom. The number of methoxy groups -OCH3 is 1. The highest BCUT2D eigenvalue weighted by Gasteiger charge is 2.44. The molecule has 11 nitrogen and oxygen atoms in total. The molecular formula is C41H57ClN4O7S. The number of anilines is 1. The van der Waals surface area contributed by atoms with Gasteiger partial charge in [0.2, 0.25) is 15.9 Å². The number of carbonyl (C=O) groups excluding carboxylic acids is 3. The summed E-state index contributed by atoms with van der Waals surface area (Å²) in [6.45, 7) is 9.40. The fourth-order valence-electron chi connectivity index (χ4n) is 9.06. The zero-order valence-corrected chi connectivity index (χ0v) is 33.6. The molecule has 296 valence electrons. The Morgan fingerprint density at radius 3 is 2.63 bits per heavy atom. The Hall–Kier alpha value is -3.19. The maximum atomic E-state index is 13.3. The summed E-state index contributed by atoms with van der Waals surface area (Å²) in [4.78, 5) is 41.2. The molecule has 13 heteroatoms. The number of halogens is 1. The third-order valence-corrected chi connectivity index (χ3v) is 14.8. The van der Waals surface area contributed by atoms with Crippen LogP contribution in [-0.4, -0.2) is 96.3 Å². The van der Waals surface area contributed by atoms with E-state index >= 15 is 0 Å². The Kier molecular flexibility index (Phi) is 13.3. The second-order valence-electron chi connectivity index (χ2n) is 16.1. The van der Waals surface area contributed by atoms with E-state index in [2.05, 4.69) is 27.1 Å². The summed E-state index contributed by atoms with van der Waals surface area (Å²) < 4.78 is 40.2. The van der Waals surface area contributed by atoms with Gasteiger partial charge in [-0.15, -0.1) is 0 Å². The Labute approximate surface area is 325 Å². The normalized spacial score (nSPS) is 29.8. The standard InChI is InChI=1S/C33H41ClN2O5S.C8H16N2O2/c1-21-5-3-6-26(18-37)28-11-8-25(28)17-36-19-33(14-4-7-23-15-27(34)10-12-29(23)33)20-41-31-13-9-24(16-30(31)36)32(38)35-42(39,40)22(21)2;1-12-7-6-10-5-4-9-3-2-8(10)11/h9-10,12-13,15-16,18,21-22,25-26,28H,3-8,11,14,17,19-20H2,1-2H3,(H,35,38);9H,2-7H2,1H3/t21-,22+,25-,26?,28+,33-;/m0./s1. The van der Waals surface area contributed by atoms with E-state index in [1.807, 2.05) is 17.9 Å². The minimum Gasteiger partial charge on any atom is -0.490 e. The largest absolute Gasteiger partial charge is 0.490 e. The van der Waals surface area contributed by atoms with Crippen LogP contribution in [0.2, 0.25) is 5.02 Å². The molecule has 5 aliphatic rings. The lowest BCUT2D eigenvalue weighted by Gasteiger charge is -2.46. The number of ether oxygens (including phenoxy) is 2. The number of hydrogen-bond donors (Lipinski definition) is 2. The van der Waals surface area contributed by atoms with E-state index < -0.39 is 21.2 Å². The van der Waals surface area contributed by atoms with E-state index in [1.54, 1.807) is 32.2 Å². The Bertz CT molecular complexity index is 1780. The van der Waals surface area contributed by atoms with Crippen LogP contribution < -0.4 is 19.7 Å². The Balaban J connectivity index is 0.000000354. The highest BCUT2D eigenvalue weighted by atomic mass is 35.5. The molecule has 6 atom stereocenters. The van der Waals surface area contributed by atoms with Crippen molar-refractivity contribution in [3.8, 4) is 5.75 Å². The maximum Gasteiger partial charge on any atom is 0.264 e. The molecule has 7 rings (SSSR count). The third kappa shape index (κ3) is 9.09. The van der Waals surface area contributed by atoms with Crippen molar-refractivity contribution in [1.29, 1.82) is 0 Å². The van der Waals surface area contributed by atoms with E-state index in [0.29, 0.717) is 55.7 Å². The van der Waals surface area contributed by atoms with Gasteiger partial charge in [0.05, 0.1) is 24.2 Å². The van der Waals surface area contributed by atoms with Crippen molar-refractivity contribution >= 4 is 45.4 Å². The van der Waals surface area contributed by atoms with Gasteiger partial charge < -0.3 is 29.4 Å². The minimum absolute atomic E-state index is 0.0315. The lowest BCUT2D eigenvalue weighted by atomic mass is 9.65. The number of rotatable bonds is 4. The van der Waals surface area contributed by atoms with Crippen LogP contribution in [-0.2, 0) is 36.2 Å². The van der Waals surface area contributed by atoms with Crippen molar-refractivity contribution in [2.45, 2.75) is 82.3 Å². The van der Waals surface area contributed by atoms with Crippen molar-refractivity contribution in [3.63, 3.8) is 0 Å². The average molecular weight is 785 g/mol. The van der Waals surface area contributed by atoms with Crippen LogP contribution in [0.4, 0.5) is 5.69 Å². The predicted molar refractivity (Wildman–Crippen MR) is 211 cm³/mol. The molecule has 2 amide bonds. The summed E-state index contributed by atoms with van der Waals surface area (Å²) in [5.74, 6) is 0.792. The first-order chi connectivity index (χ1) is 25.9. The van der Waals surface area contributed by atoms with E-state index in [4.69, 9.17) is 21.1 Å². The average Bonchev–Trinajstić information content (AvgIpc) is 3.44. The van der Waals surface area contributed by atoms with Crippen molar-refractivity contribution in [1.82, 2.24) is 14.9 Å². The van der Waals surface area contributed by atoms with Crippen LogP contribution in [0.5, 0.6) is 5.75 Å². The van der Waals surface area contributed by atoms with Crippen LogP contribution in [0.1, 0.15) is 86.7 Å². The number of nitrogens with one attached hydrogen (secondary N) is 2. The van der Waals surface area contributed by atoms with Crippen LogP contribution in [0.15, 0.2) is 36.4 Å². The minimum atomic E-state index is -3.89. The topological polar surface area (TPSA) is 134 Å². The fourth-order valence-corrected chi connectivity index (χ4v) is 10.6. The molecular weight excluding hydrogens is 728 g/mol. The number of amides is 2. The van der Waals surface area contributed by atoms with Gasteiger partial charge in [-0.2, -0.15) is 0 Å². The number of sulfonamides is 1. The maximum absolute atomic E-state index is 13.3. The highest BCUT2D eigenvalue weighted by Crippen LogP contribution is 2.47. The summed E-state index contributed by atoms with van der Waals surface area (Å²) in [6.07, 6.45) is 9.04. The molecule has 1 saturated carbocycles. The van der Waals surface area contributed by atoms with Crippen molar-refractivity contribution in [2.24, 2.45) is 23.7 Å². The lowest BCUT2D eigenvalue weighted by molar-refractivity contribution is -0.131. The van der Waals surface area contributed by atoms with Crippen LogP contribution in [0.25, 0.3) is 0 Å². The molecule has 3 heterocycles. The van der Waals surface area contributed by atoms with E-state index in [0.717, 1.165) is 94.7 Å². The number of fused-ring (bicyclic) bond motifs is 4. The SMILES string of the molecule is COCCN1CCNCCC1=O.C[C@@H]1[C@@H](C)CCCC(C=O)[C@@H]2CC[C@H]2CN2C[C@@]3(CCCc4cc(Cl)ccc43)COc3ccc(cc32)C(=O)NS1(=O)=O. The smallest absolute Gasteiger partial charge is 0.264 e. The molecule has 2 fully saturated rings. The van der Waals surface area contributed by atoms with E-state index in [9.17, 15) is 22.8 Å². The monoisotopic (exact) mass is 784 g/mol. The second kappa shape index (κ2) is 17.7. The number of benzene rings is 2. The summed E-state index contributed by atoms with van der Waals surface area (Å²) in [6, 6.07) is 11.4. The number of aryl methyl sites for hydroxylation is 1. The first-order valence-corrected chi connectivity index (χ1v) is 21.7. The van der Waals surface area contributed by atoms with Gasteiger partial charge >= 0.3 is 0 Å². The molecule has 1 saturated heterocycles. The van der Waals surface area contributed by atoms with Crippen molar-refractivity contribution in [2.75, 3.05) is 64.5 Å². The summed E-state index contributed by atoms with van der Waals surface area (Å²) in [5.41, 5.74) is 3.37. The first kappa shape index (κ1) is 40.5. The molecule has 2 aliphatic carbocycles. The van der Waals surface area contributed by atoms with Gasteiger partial charge in [0.15, 0.2) is 0 Å². The number of nitrogens with zero attached hydrogens (tertiary/aromatic N) is 2. The van der Waals surface area contributed by atoms with Crippen molar-refractivity contribution < 1.29 is 32.3 Å². The molecule has 1 spiro atoms. The molecule has 2 bridgehead atoms. The van der Waals surface area contributed by atoms with Gasteiger partial charge in [-0.1, -0.05) is 31.0 Å². The molecule has 2 aromatic carbocycles. The van der Waals surface area contributed by atoms with Gasteiger partial charge in [0, 0.05) is 74.7 Å². The van der Waals surface area contributed by atoms with Crippen LogP contribution >= 0.6 is 11.6 Å². The first-order valence-electron chi connectivity index (χ1n) is 19.7. The summed E-state index contributed by atoms with van der Waals surface area (Å²) in [7, 11) is -2.24. The van der Waals surface area contributed by atoms with Gasteiger partial charge in [0.1, 0.15) is 12.0 Å². The second-order valence-corrected chi connectivity index (χ2v) is 18.5. The zero-order valence-electron chi connectivity index (χ0n) is 32.0. The van der Waals surface area contributed by atoms with Gasteiger partial charge in [-0.3, -0.25) is 9.59 Å². The third-order valence-electron chi connectivity index (χ3n) is 12.7. The van der Waals surface area contributed by atoms with Crippen LogP contribution in [0, 0.1) is 23.7 Å². The fraction of sp³-hybridized carbons (Fsp3) is 0.634. The van der Waals surface area contributed by atoms with Crippen molar-refractivity contribution in [3.05, 3.63) is 58.1 Å². The predicted octanol–water partition coefficient (Wildman–Crippen LogP) is 5.38. The Morgan fingerprint density at radius 1 is 1.04 bits per heavy atom. The number of carbonyl (C=O) groups is 3. The summed E-state index contributed by atoms with van der Waals surface area (Å²) in [5, 5.41) is 3.18. The van der Waals surface area contributed by atoms with Gasteiger partial charge in [0.25, 0.3) is 5.91 Å². The zero-order chi connectivity index (χ0) is 38.5. The molecule has 3 aliphatic heterocycles.